The third-order valence-electron chi connectivity index (χ3n) is 4.31. The summed E-state index contributed by atoms with van der Waals surface area (Å²) in [6.07, 6.45) is 1.79. The second kappa shape index (κ2) is 12.0. The number of halogens is 2. The molecule has 34 heavy (non-hydrogen) atoms. The maximum absolute atomic E-state index is 13.6. The van der Waals surface area contributed by atoms with E-state index >= 15 is 0 Å². The highest BCUT2D eigenvalue weighted by Gasteiger charge is 2.10. The first-order valence-electron chi connectivity index (χ1n) is 10.1. The minimum atomic E-state index is -0.573. The molecular formula is C23H20ClFN6O3. The summed E-state index contributed by atoms with van der Waals surface area (Å²) >= 11 is 6.04. The first kappa shape index (κ1) is 24.3. The summed E-state index contributed by atoms with van der Waals surface area (Å²) in [6, 6.07) is 14.5. The Kier molecular flexibility index (Phi) is 8.60. The zero-order valence-electron chi connectivity index (χ0n) is 17.8. The first-order valence-corrected chi connectivity index (χ1v) is 10.5. The number of carbonyl (C=O) groups excluding carboxylic acids is 2. The highest BCUT2D eigenvalue weighted by molar-refractivity contribution is 6.31. The third-order valence-corrected chi connectivity index (χ3v) is 4.55. The van der Waals surface area contributed by atoms with Crippen molar-refractivity contribution in [2.75, 3.05) is 29.1 Å². The van der Waals surface area contributed by atoms with Gasteiger partial charge in [-0.1, -0.05) is 23.7 Å². The van der Waals surface area contributed by atoms with E-state index in [2.05, 4.69) is 26.3 Å². The van der Waals surface area contributed by atoms with Gasteiger partial charge in [-0.25, -0.2) is 19.0 Å². The van der Waals surface area contributed by atoms with Crippen LogP contribution in [0.4, 0.5) is 31.2 Å². The van der Waals surface area contributed by atoms with Crippen LogP contribution in [0.5, 0.6) is 5.75 Å². The molecule has 2 aromatic carbocycles. The second-order valence-corrected chi connectivity index (χ2v) is 7.26. The Morgan fingerprint density at radius 3 is 2.56 bits per heavy atom. The van der Waals surface area contributed by atoms with Gasteiger partial charge in [0.2, 0.25) is 0 Å². The maximum Gasteiger partial charge on any atom is 0.324 e. The molecule has 174 valence electrons. The number of hydrogen-bond donors (Lipinski definition) is 4. The van der Waals surface area contributed by atoms with Gasteiger partial charge in [0, 0.05) is 17.8 Å². The van der Waals surface area contributed by atoms with Gasteiger partial charge in [0.05, 0.1) is 23.5 Å². The number of nitrogens with one attached hydrogen (secondary N) is 4. The Morgan fingerprint density at radius 1 is 1.03 bits per heavy atom. The highest BCUT2D eigenvalue weighted by Crippen LogP contribution is 2.28. The van der Waals surface area contributed by atoms with Gasteiger partial charge in [0.1, 0.15) is 23.5 Å². The molecule has 3 rings (SSSR count). The van der Waals surface area contributed by atoms with E-state index in [1.165, 1.54) is 42.6 Å². The molecule has 0 bridgehead atoms. The number of rotatable bonds is 8. The van der Waals surface area contributed by atoms with Crippen molar-refractivity contribution in [2.24, 2.45) is 0 Å². The van der Waals surface area contributed by atoms with E-state index < -0.39 is 17.9 Å². The number of benzene rings is 2. The van der Waals surface area contributed by atoms with Crippen molar-refractivity contribution < 1.29 is 18.7 Å². The Hall–Kier alpha value is -4.36. The second-order valence-electron chi connectivity index (χ2n) is 6.83. The Balaban J connectivity index is 1.46. The van der Waals surface area contributed by atoms with E-state index in [4.69, 9.17) is 21.6 Å². The number of hydrogen-bond acceptors (Lipinski definition) is 5. The number of anilines is 3. The Morgan fingerprint density at radius 2 is 1.82 bits per heavy atom. The predicted molar refractivity (Wildman–Crippen MR) is 127 cm³/mol. The molecule has 1 heterocycles. The van der Waals surface area contributed by atoms with E-state index in [0.29, 0.717) is 28.4 Å². The molecule has 0 saturated carbocycles. The summed E-state index contributed by atoms with van der Waals surface area (Å²) in [5, 5.41) is 19.4. The molecule has 0 unspecified atom stereocenters. The van der Waals surface area contributed by atoms with E-state index in [9.17, 15) is 14.0 Å². The lowest BCUT2D eigenvalue weighted by molar-refractivity contribution is 0.250. The molecule has 9 nitrogen and oxygen atoms in total. The van der Waals surface area contributed by atoms with Crippen molar-refractivity contribution in [1.29, 1.82) is 5.26 Å². The quantitative estimate of drug-likeness (QED) is 0.336. The van der Waals surface area contributed by atoms with E-state index in [0.717, 1.165) is 0 Å². The molecule has 11 heteroatoms. The molecule has 1 aromatic heterocycles. The smallest absolute Gasteiger partial charge is 0.324 e. The van der Waals surface area contributed by atoms with Crippen molar-refractivity contribution in [3.05, 3.63) is 77.2 Å². The molecule has 0 aliphatic rings. The maximum atomic E-state index is 13.6. The minimum Gasteiger partial charge on any atom is -0.491 e. The van der Waals surface area contributed by atoms with Crippen molar-refractivity contribution in [3.63, 3.8) is 0 Å². The van der Waals surface area contributed by atoms with Crippen LogP contribution in [0, 0.1) is 17.1 Å². The number of pyridine rings is 1. The molecule has 0 saturated heterocycles. The summed E-state index contributed by atoms with van der Waals surface area (Å²) in [5.41, 5.74) is 0.794. The van der Waals surface area contributed by atoms with Gasteiger partial charge >= 0.3 is 12.1 Å². The zero-order valence-corrected chi connectivity index (χ0v) is 18.5. The van der Waals surface area contributed by atoms with Gasteiger partial charge < -0.3 is 20.7 Å². The van der Waals surface area contributed by atoms with Crippen LogP contribution >= 0.6 is 11.6 Å². The van der Waals surface area contributed by atoms with Crippen LogP contribution in [-0.2, 0) is 0 Å². The van der Waals surface area contributed by atoms with Crippen LogP contribution < -0.4 is 26.0 Å². The number of nitriles is 1. The summed E-state index contributed by atoms with van der Waals surface area (Å²) < 4.78 is 19.3. The van der Waals surface area contributed by atoms with Gasteiger partial charge in [0.25, 0.3) is 0 Å². The number of aromatic nitrogens is 1. The molecule has 0 fully saturated rings. The van der Waals surface area contributed by atoms with Crippen LogP contribution in [-0.4, -0.2) is 30.2 Å². The van der Waals surface area contributed by atoms with Crippen LogP contribution in [0.3, 0.4) is 0 Å². The molecule has 0 radical (unpaired) electrons. The average molecular weight is 483 g/mol. The molecule has 4 amide bonds. The van der Waals surface area contributed by atoms with Crippen molar-refractivity contribution >= 4 is 40.9 Å². The average Bonchev–Trinajstić information content (AvgIpc) is 2.82. The fraction of sp³-hybridized carbons (Fsp3) is 0.130. The van der Waals surface area contributed by atoms with E-state index in [-0.39, 0.29) is 24.7 Å². The van der Waals surface area contributed by atoms with Crippen LogP contribution in [0.2, 0.25) is 5.02 Å². The third kappa shape index (κ3) is 7.36. The predicted octanol–water partition coefficient (Wildman–Crippen LogP) is 4.98. The highest BCUT2D eigenvalue weighted by atomic mass is 35.5. The van der Waals surface area contributed by atoms with Crippen LogP contribution in [0.15, 0.2) is 60.8 Å². The summed E-state index contributed by atoms with van der Waals surface area (Å²) in [4.78, 5) is 28.2. The molecule has 4 N–H and O–H groups in total. The molecule has 0 aliphatic heterocycles. The zero-order chi connectivity index (χ0) is 24.3. The topological polar surface area (TPSA) is 128 Å². The molecule has 0 aliphatic carbocycles. The SMILES string of the molecule is N#Cc1ccc(NC(=O)Nc2cc(Cl)ccc2OCCCNC(=O)Nc2ccccc2F)nc1. The fourth-order valence-electron chi connectivity index (χ4n) is 2.71. The normalized spacial score (nSPS) is 10.0. The monoisotopic (exact) mass is 482 g/mol. The van der Waals surface area contributed by atoms with Gasteiger partial charge in [-0.3, -0.25) is 5.32 Å². The molecule has 0 spiro atoms. The van der Waals surface area contributed by atoms with Gasteiger partial charge in [-0.05, 0) is 48.9 Å². The molecular weight excluding hydrogens is 463 g/mol. The van der Waals surface area contributed by atoms with Gasteiger partial charge in [0.15, 0.2) is 0 Å². The lowest BCUT2D eigenvalue weighted by atomic mass is 10.3. The lowest BCUT2D eigenvalue weighted by Gasteiger charge is -2.14. The number of carbonyl (C=O) groups is 2. The summed E-state index contributed by atoms with van der Waals surface area (Å²) in [6.45, 7) is 0.510. The summed E-state index contributed by atoms with van der Waals surface area (Å²) in [5.74, 6) is 0.117. The number of ether oxygens (including phenoxy) is 1. The van der Waals surface area contributed by atoms with Crippen molar-refractivity contribution in [2.45, 2.75) is 6.42 Å². The van der Waals surface area contributed by atoms with Crippen LogP contribution in [0.25, 0.3) is 0 Å². The molecule has 3 aromatic rings. The van der Waals surface area contributed by atoms with E-state index in [1.807, 2.05) is 6.07 Å². The van der Waals surface area contributed by atoms with Crippen molar-refractivity contribution in [3.8, 4) is 11.8 Å². The lowest BCUT2D eigenvalue weighted by Crippen LogP contribution is -2.30. The van der Waals surface area contributed by atoms with Crippen LogP contribution in [0.1, 0.15) is 12.0 Å². The minimum absolute atomic E-state index is 0.0858. The summed E-state index contributed by atoms with van der Waals surface area (Å²) in [7, 11) is 0. The van der Waals surface area contributed by atoms with Crippen molar-refractivity contribution in [1.82, 2.24) is 10.3 Å². The number of nitrogens with zero attached hydrogens (tertiary/aromatic N) is 2. The number of urea groups is 2. The standard InChI is InChI=1S/C23H20ClFN6O3/c24-16-7-8-20(19(12-16)30-23(33)31-21-9-6-15(13-26)14-28-21)34-11-3-10-27-22(32)29-18-5-2-1-4-17(18)25/h1-2,4-9,12,14H,3,10-11H2,(H2,27,29,32)(H2,28,30,31,33). The largest absolute Gasteiger partial charge is 0.491 e. The Labute approximate surface area is 199 Å². The number of para-hydroxylation sites is 1. The number of amides is 4. The molecule has 0 atom stereocenters. The van der Waals surface area contributed by atoms with E-state index in [1.54, 1.807) is 18.2 Å². The van der Waals surface area contributed by atoms with Gasteiger partial charge in [-0.2, -0.15) is 5.26 Å². The first-order chi connectivity index (χ1) is 16.4. The Bertz CT molecular complexity index is 1200. The van der Waals surface area contributed by atoms with Gasteiger partial charge in [-0.15, -0.1) is 0 Å². The fourth-order valence-corrected chi connectivity index (χ4v) is 2.89.